The summed E-state index contributed by atoms with van der Waals surface area (Å²) in [5.41, 5.74) is 5.68. The number of aromatic nitrogens is 3. The first kappa shape index (κ1) is 11.7. The number of nitrogens with zero attached hydrogens (tertiary/aromatic N) is 3. The number of nitrogens with two attached hydrogens (primary N) is 1. The predicted octanol–water partition coefficient (Wildman–Crippen LogP) is -0.0637. The third-order valence-electron chi connectivity index (χ3n) is 2.63. The molecule has 0 spiro atoms. The SMILES string of the molecule is CSc1cc(N)c2c(=O)n(C)c(=O)n(C)c2n1. The van der Waals surface area contributed by atoms with Gasteiger partial charge in [0.25, 0.3) is 5.56 Å². The number of aryl methyl sites for hydroxylation is 1. The summed E-state index contributed by atoms with van der Waals surface area (Å²) in [6, 6.07) is 1.64. The van der Waals surface area contributed by atoms with Crippen LogP contribution in [0.3, 0.4) is 0 Å². The van der Waals surface area contributed by atoms with Crippen LogP contribution in [0.1, 0.15) is 0 Å². The first-order valence-electron chi connectivity index (χ1n) is 4.87. The quantitative estimate of drug-likeness (QED) is 0.719. The molecular formula is C10H12N4O2S. The van der Waals surface area contributed by atoms with Gasteiger partial charge in [-0.25, -0.2) is 9.78 Å². The van der Waals surface area contributed by atoms with E-state index in [-0.39, 0.29) is 5.39 Å². The Balaban J connectivity index is 3.12. The van der Waals surface area contributed by atoms with Crippen molar-refractivity contribution in [3.63, 3.8) is 0 Å². The van der Waals surface area contributed by atoms with E-state index in [9.17, 15) is 9.59 Å². The van der Waals surface area contributed by atoms with Gasteiger partial charge in [0.1, 0.15) is 10.4 Å². The molecule has 2 aromatic rings. The van der Waals surface area contributed by atoms with Crippen LogP contribution in [0.2, 0.25) is 0 Å². The highest BCUT2D eigenvalue weighted by Gasteiger charge is 2.13. The van der Waals surface area contributed by atoms with Crippen molar-refractivity contribution in [2.75, 3.05) is 12.0 Å². The highest BCUT2D eigenvalue weighted by Crippen LogP contribution is 2.20. The standard InChI is InChI=1S/C10H12N4O2S/c1-13-8-7(9(15)14(2)10(13)16)5(11)4-6(12-8)17-3/h4H,1-3H3,(H2,11,12). The molecule has 0 fully saturated rings. The molecule has 2 N–H and O–H groups in total. The molecule has 6 nitrogen and oxygen atoms in total. The van der Waals surface area contributed by atoms with Gasteiger partial charge in [0.15, 0.2) is 5.65 Å². The largest absolute Gasteiger partial charge is 0.398 e. The van der Waals surface area contributed by atoms with Gasteiger partial charge in [0.05, 0.1) is 5.69 Å². The van der Waals surface area contributed by atoms with Crippen LogP contribution in [-0.2, 0) is 14.1 Å². The minimum Gasteiger partial charge on any atom is -0.398 e. The predicted molar refractivity (Wildman–Crippen MR) is 68.4 cm³/mol. The summed E-state index contributed by atoms with van der Waals surface area (Å²) < 4.78 is 2.35. The molecule has 90 valence electrons. The normalized spacial score (nSPS) is 11.0. The molecule has 0 atom stereocenters. The number of nitrogen functional groups attached to an aromatic ring is 1. The molecule has 0 amide bonds. The lowest BCUT2D eigenvalue weighted by Gasteiger charge is -2.09. The van der Waals surface area contributed by atoms with Crippen molar-refractivity contribution in [3.05, 3.63) is 26.9 Å². The van der Waals surface area contributed by atoms with E-state index < -0.39 is 11.2 Å². The summed E-state index contributed by atoms with van der Waals surface area (Å²) in [4.78, 5) is 27.9. The molecule has 0 bridgehead atoms. The van der Waals surface area contributed by atoms with Gasteiger partial charge in [-0.1, -0.05) is 0 Å². The van der Waals surface area contributed by atoms with E-state index in [4.69, 9.17) is 5.73 Å². The molecule has 0 saturated heterocycles. The zero-order chi connectivity index (χ0) is 12.7. The Hall–Kier alpha value is -1.76. The van der Waals surface area contributed by atoms with Crippen molar-refractivity contribution < 1.29 is 0 Å². The first-order chi connectivity index (χ1) is 7.97. The van der Waals surface area contributed by atoms with Crippen LogP contribution in [0.5, 0.6) is 0 Å². The van der Waals surface area contributed by atoms with Crippen molar-refractivity contribution in [3.8, 4) is 0 Å². The lowest BCUT2D eigenvalue weighted by Crippen LogP contribution is -2.37. The molecule has 2 heterocycles. The third kappa shape index (κ3) is 1.62. The number of anilines is 1. The fourth-order valence-electron chi connectivity index (χ4n) is 1.66. The van der Waals surface area contributed by atoms with Crippen molar-refractivity contribution >= 4 is 28.5 Å². The Kier molecular flexibility index (Phi) is 2.70. The molecule has 0 radical (unpaired) electrons. The molecule has 0 saturated carbocycles. The topological polar surface area (TPSA) is 82.9 Å². The van der Waals surface area contributed by atoms with Crippen LogP contribution in [0.15, 0.2) is 20.7 Å². The molecule has 0 aliphatic rings. The minimum atomic E-state index is -0.416. The highest BCUT2D eigenvalue weighted by atomic mass is 32.2. The summed E-state index contributed by atoms with van der Waals surface area (Å²) in [5.74, 6) is 0. The number of thioether (sulfide) groups is 1. The number of hydrogen-bond acceptors (Lipinski definition) is 5. The van der Waals surface area contributed by atoms with Crippen LogP contribution in [0.4, 0.5) is 5.69 Å². The average molecular weight is 252 g/mol. The van der Waals surface area contributed by atoms with Crippen LogP contribution < -0.4 is 17.0 Å². The van der Waals surface area contributed by atoms with Gasteiger partial charge < -0.3 is 5.73 Å². The van der Waals surface area contributed by atoms with Gasteiger partial charge in [0.2, 0.25) is 0 Å². The minimum absolute atomic E-state index is 0.285. The molecule has 0 aliphatic carbocycles. The summed E-state index contributed by atoms with van der Waals surface area (Å²) >= 11 is 1.41. The number of pyridine rings is 1. The van der Waals surface area contributed by atoms with Crippen molar-refractivity contribution in [2.45, 2.75) is 5.03 Å². The Morgan fingerprint density at radius 1 is 1.29 bits per heavy atom. The Morgan fingerprint density at radius 2 is 1.94 bits per heavy atom. The van der Waals surface area contributed by atoms with Gasteiger partial charge in [-0.05, 0) is 12.3 Å². The molecular weight excluding hydrogens is 240 g/mol. The average Bonchev–Trinajstić information content (AvgIpc) is 2.32. The summed E-state index contributed by atoms with van der Waals surface area (Å²) in [5, 5.41) is 0.964. The number of fused-ring (bicyclic) bond motifs is 1. The maximum atomic E-state index is 11.9. The molecule has 0 aromatic carbocycles. The Bertz CT molecular complexity index is 717. The van der Waals surface area contributed by atoms with Gasteiger partial charge in [-0.2, -0.15) is 0 Å². The summed E-state index contributed by atoms with van der Waals surface area (Å²) in [6.45, 7) is 0. The fraction of sp³-hybridized carbons (Fsp3) is 0.300. The van der Waals surface area contributed by atoms with E-state index in [0.717, 1.165) is 4.57 Å². The maximum Gasteiger partial charge on any atom is 0.332 e. The monoisotopic (exact) mass is 252 g/mol. The second-order valence-corrected chi connectivity index (χ2v) is 4.48. The van der Waals surface area contributed by atoms with Crippen LogP contribution in [0.25, 0.3) is 11.0 Å². The van der Waals surface area contributed by atoms with Gasteiger partial charge in [0, 0.05) is 14.1 Å². The highest BCUT2D eigenvalue weighted by molar-refractivity contribution is 7.98. The van der Waals surface area contributed by atoms with E-state index in [1.54, 1.807) is 13.1 Å². The number of hydrogen-bond donors (Lipinski definition) is 1. The molecule has 7 heteroatoms. The molecule has 0 unspecified atom stereocenters. The van der Waals surface area contributed by atoms with Crippen LogP contribution >= 0.6 is 11.8 Å². The van der Waals surface area contributed by atoms with E-state index in [0.29, 0.717) is 16.4 Å². The maximum absolute atomic E-state index is 11.9. The Morgan fingerprint density at radius 3 is 2.53 bits per heavy atom. The zero-order valence-corrected chi connectivity index (χ0v) is 10.5. The summed E-state index contributed by atoms with van der Waals surface area (Å²) in [6.07, 6.45) is 1.85. The van der Waals surface area contributed by atoms with Crippen molar-refractivity contribution in [1.82, 2.24) is 14.1 Å². The van der Waals surface area contributed by atoms with Crippen LogP contribution in [0, 0.1) is 0 Å². The lowest BCUT2D eigenvalue weighted by molar-refractivity contribution is 0.705. The van der Waals surface area contributed by atoms with E-state index in [2.05, 4.69) is 4.98 Å². The van der Waals surface area contributed by atoms with Crippen molar-refractivity contribution in [1.29, 1.82) is 0 Å². The molecule has 2 rings (SSSR count). The number of rotatable bonds is 1. The fourth-order valence-corrected chi connectivity index (χ4v) is 2.09. The second kappa shape index (κ2) is 3.92. The second-order valence-electron chi connectivity index (χ2n) is 3.66. The first-order valence-corrected chi connectivity index (χ1v) is 6.10. The lowest BCUT2D eigenvalue weighted by atomic mass is 10.3. The zero-order valence-electron chi connectivity index (χ0n) is 9.72. The van der Waals surface area contributed by atoms with E-state index in [1.807, 2.05) is 6.26 Å². The van der Waals surface area contributed by atoms with E-state index in [1.165, 1.54) is 23.4 Å². The molecule has 2 aromatic heterocycles. The molecule has 0 aliphatic heterocycles. The third-order valence-corrected chi connectivity index (χ3v) is 3.25. The van der Waals surface area contributed by atoms with Crippen LogP contribution in [-0.4, -0.2) is 20.4 Å². The van der Waals surface area contributed by atoms with Gasteiger partial charge >= 0.3 is 5.69 Å². The van der Waals surface area contributed by atoms with E-state index >= 15 is 0 Å². The summed E-state index contributed by atoms with van der Waals surface area (Å²) in [7, 11) is 2.99. The van der Waals surface area contributed by atoms with Crippen molar-refractivity contribution in [2.24, 2.45) is 14.1 Å². The Labute approximate surface area is 101 Å². The molecule has 17 heavy (non-hydrogen) atoms. The smallest absolute Gasteiger partial charge is 0.332 e. The van der Waals surface area contributed by atoms with Gasteiger partial charge in [-0.15, -0.1) is 11.8 Å². The van der Waals surface area contributed by atoms with Gasteiger partial charge in [-0.3, -0.25) is 13.9 Å².